The van der Waals surface area contributed by atoms with Gasteiger partial charge >= 0.3 is 0 Å². The number of ether oxygens (including phenoxy) is 3. The molecule has 9 nitrogen and oxygen atoms in total. The quantitative estimate of drug-likeness (QED) is 0.534. The van der Waals surface area contributed by atoms with Gasteiger partial charge in [-0.05, 0) is 29.8 Å². The molecule has 0 unspecified atom stereocenters. The Bertz CT molecular complexity index is 1160. The number of para-hydroxylation sites is 1. The first-order chi connectivity index (χ1) is 16.5. The minimum atomic E-state index is -0.346. The average Bonchev–Trinajstić information content (AvgIpc) is 3.34. The van der Waals surface area contributed by atoms with E-state index in [4.69, 9.17) is 14.2 Å². The van der Waals surface area contributed by atoms with Gasteiger partial charge in [0, 0.05) is 31.9 Å². The minimum absolute atomic E-state index is 0.0393. The van der Waals surface area contributed by atoms with Crippen molar-refractivity contribution in [1.82, 2.24) is 19.6 Å². The molecule has 1 aromatic heterocycles. The van der Waals surface area contributed by atoms with Crippen LogP contribution in [-0.4, -0.2) is 85.5 Å². The van der Waals surface area contributed by atoms with Crippen LogP contribution in [0.3, 0.4) is 0 Å². The van der Waals surface area contributed by atoms with Gasteiger partial charge in [-0.1, -0.05) is 24.3 Å². The van der Waals surface area contributed by atoms with E-state index in [2.05, 4.69) is 5.10 Å². The Morgan fingerprint density at radius 3 is 2.41 bits per heavy atom. The zero-order chi connectivity index (χ0) is 24.1. The van der Waals surface area contributed by atoms with Gasteiger partial charge in [0.05, 0.1) is 39.7 Å². The maximum atomic E-state index is 13.5. The number of likely N-dealkylation sites (N-methyl/N-ethyl adjacent to an activating group) is 1. The third-order valence-electron chi connectivity index (χ3n) is 5.72. The highest BCUT2D eigenvalue weighted by molar-refractivity contribution is 6.00. The fraction of sp³-hybridized carbons (Fsp3) is 0.320. The number of carbonyl (C=O) groups excluding carboxylic acids is 2. The lowest BCUT2D eigenvalue weighted by molar-refractivity contribution is -0.135. The number of methoxy groups -OCH3 is 2. The molecule has 2 aromatic carbocycles. The largest absolute Gasteiger partial charge is 0.493 e. The van der Waals surface area contributed by atoms with Crippen LogP contribution in [0.15, 0.2) is 54.7 Å². The number of hydrogen-bond acceptors (Lipinski definition) is 6. The van der Waals surface area contributed by atoms with Gasteiger partial charge in [-0.25, -0.2) is 4.68 Å². The molecule has 0 atom stereocenters. The van der Waals surface area contributed by atoms with Crippen LogP contribution < -0.4 is 9.47 Å². The van der Waals surface area contributed by atoms with Crippen LogP contribution in [0.25, 0.3) is 16.8 Å². The van der Waals surface area contributed by atoms with Crippen LogP contribution in [0.1, 0.15) is 10.5 Å². The molecule has 0 bridgehead atoms. The summed E-state index contributed by atoms with van der Waals surface area (Å²) in [6, 6.07) is 15.0. The predicted molar refractivity (Wildman–Crippen MR) is 126 cm³/mol. The predicted octanol–water partition coefficient (Wildman–Crippen LogP) is 2.49. The zero-order valence-corrected chi connectivity index (χ0v) is 19.6. The van der Waals surface area contributed by atoms with Crippen molar-refractivity contribution in [3.05, 3.63) is 60.4 Å². The van der Waals surface area contributed by atoms with E-state index < -0.39 is 0 Å². The molecule has 1 fully saturated rings. The first-order valence-electron chi connectivity index (χ1n) is 11.0. The van der Waals surface area contributed by atoms with E-state index in [9.17, 15) is 9.59 Å². The lowest BCUT2D eigenvalue weighted by atomic mass is 10.0. The monoisotopic (exact) mass is 464 g/mol. The number of amides is 2. The number of benzene rings is 2. The fourth-order valence-corrected chi connectivity index (χ4v) is 3.83. The van der Waals surface area contributed by atoms with Crippen molar-refractivity contribution >= 4 is 11.8 Å². The second kappa shape index (κ2) is 10.4. The van der Waals surface area contributed by atoms with Gasteiger partial charge in [-0.15, -0.1) is 0 Å². The van der Waals surface area contributed by atoms with Crippen LogP contribution >= 0.6 is 0 Å². The smallest absolute Gasteiger partial charge is 0.275 e. The molecule has 3 aromatic rings. The maximum absolute atomic E-state index is 13.5. The summed E-state index contributed by atoms with van der Waals surface area (Å²) in [5, 5.41) is 4.60. The maximum Gasteiger partial charge on any atom is 0.275 e. The third kappa shape index (κ3) is 4.89. The Hall–Kier alpha value is -3.85. The van der Waals surface area contributed by atoms with Crippen LogP contribution in [0.2, 0.25) is 0 Å². The summed E-state index contributed by atoms with van der Waals surface area (Å²) >= 11 is 0. The molecule has 2 amide bonds. The van der Waals surface area contributed by atoms with Crippen LogP contribution in [0, 0.1) is 0 Å². The van der Waals surface area contributed by atoms with Crippen LogP contribution in [-0.2, 0) is 9.53 Å². The molecule has 0 saturated carbocycles. The molecule has 178 valence electrons. The molecule has 2 heterocycles. The highest BCUT2D eigenvalue weighted by Crippen LogP contribution is 2.34. The molecule has 1 aliphatic heterocycles. The average molecular weight is 465 g/mol. The van der Waals surface area contributed by atoms with Gasteiger partial charge in [0.2, 0.25) is 5.91 Å². The third-order valence-corrected chi connectivity index (χ3v) is 5.72. The van der Waals surface area contributed by atoms with Crippen molar-refractivity contribution in [1.29, 1.82) is 0 Å². The van der Waals surface area contributed by atoms with E-state index in [0.717, 1.165) is 11.3 Å². The lowest BCUT2D eigenvalue weighted by Crippen LogP contribution is -2.46. The Morgan fingerprint density at radius 1 is 1.03 bits per heavy atom. The van der Waals surface area contributed by atoms with E-state index in [1.54, 1.807) is 49.2 Å². The van der Waals surface area contributed by atoms with E-state index in [1.807, 2.05) is 36.4 Å². The number of nitrogens with zero attached hydrogens (tertiary/aromatic N) is 4. The minimum Gasteiger partial charge on any atom is -0.493 e. The van der Waals surface area contributed by atoms with Crippen molar-refractivity contribution in [3.8, 4) is 28.3 Å². The molecular weight excluding hydrogens is 436 g/mol. The lowest BCUT2D eigenvalue weighted by Gasteiger charge is -2.28. The van der Waals surface area contributed by atoms with Crippen LogP contribution in [0.4, 0.5) is 0 Å². The highest BCUT2D eigenvalue weighted by Gasteiger charge is 2.26. The van der Waals surface area contributed by atoms with Crippen molar-refractivity contribution in [2.75, 3.05) is 54.1 Å². The summed E-state index contributed by atoms with van der Waals surface area (Å²) in [6.07, 6.45) is 1.81. The van der Waals surface area contributed by atoms with Gasteiger partial charge < -0.3 is 24.0 Å². The summed E-state index contributed by atoms with van der Waals surface area (Å²) in [5.41, 5.74) is 2.43. The van der Waals surface area contributed by atoms with Gasteiger partial charge in [0.15, 0.2) is 17.2 Å². The summed E-state index contributed by atoms with van der Waals surface area (Å²) in [6.45, 7) is 2.03. The highest BCUT2D eigenvalue weighted by atomic mass is 16.5. The summed E-state index contributed by atoms with van der Waals surface area (Å²) in [5.74, 6) is 0.667. The number of aromatic nitrogens is 2. The molecule has 0 aliphatic carbocycles. The standard InChI is InChI=1S/C25H28N4O5/c1-27(17-23(30)28-11-13-34-14-12-28)25(31)24-20(16-29(26-24)19-7-5-4-6-8-19)18-9-10-21(32-2)22(15-18)33-3/h4-10,15-16H,11-14,17H2,1-3H3. The van der Waals surface area contributed by atoms with E-state index in [-0.39, 0.29) is 24.1 Å². The molecule has 34 heavy (non-hydrogen) atoms. The van der Waals surface area contributed by atoms with Gasteiger partial charge in [0.1, 0.15) is 0 Å². The second-order valence-corrected chi connectivity index (χ2v) is 7.90. The van der Waals surface area contributed by atoms with E-state index >= 15 is 0 Å². The Labute approximate surface area is 198 Å². The van der Waals surface area contributed by atoms with Crippen molar-refractivity contribution in [2.45, 2.75) is 0 Å². The van der Waals surface area contributed by atoms with Gasteiger partial charge in [-0.2, -0.15) is 5.10 Å². The Kier molecular flexibility index (Phi) is 7.12. The van der Waals surface area contributed by atoms with Crippen molar-refractivity contribution in [3.63, 3.8) is 0 Å². The summed E-state index contributed by atoms with van der Waals surface area (Å²) in [4.78, 5) is 29.3. The van der Waals surface area contributed by atoms with Gasteiger partial charge in [0.25, 0.3) is 5.91 Å². The molecule has 9 heteroatoms. The van der Waals surface area contributed by atoms with Crippen LogP contribution in [0.5, 0.6) is 11.5 Å². The number of rotatable bonds is 7. The summed E-state index contributed by atoms with van der Waals surface area (Å²) in [7, 11) is 4.74. The van der Waals surface area contributed by atoms with Gasteiger partial charge in [-0.3, -0.25) is 9.59 Å². The molecule has 1 aliphatic rings. The number of carbonyl (C=O) groups is 2. The number of morpholine rings is 1. The first kappa shape index (κ1) is 23.3. The Morgan fingerprint density at radius 2 is 1.74 bits per heavy atom. The van der Waals surface area contributed by atoms with Crippen molar-refractivity contribution in [2.24, 2.45) is 0 Å². The van der Waals surface area contributed by atoms with E-state index in [1.165, 1.54) is 4.90 Å². The zero-order valence-electron chi connectivity index (χ0n) is 19.6. The van der Waals surface area contributed by atoms with Crippen molar-refractivity contribution < 1.29 is 23.8 Å². The molecular formula is C25H28N4O5. The molecule has 0 spiro atoms. The molecule has 0 N–H and O–H groups in total. The second-order valence-electron chi connectivity index (χ2n) is 7.90. The summed E-state index contributed by atoms with van der Waals surface area (Å²) < 4.78 is 17.8. The fourth-order valence-electron chi connectivity index (χ4n) is 3.83. The normalized spacial score (nSPS) is 13.4. The molecule has 0 radical (unpaired) electrons. The van der Waals surface area contributed by atoms with E-state index in [0.29, 0.717) is 43.4 Å². The SMILES string of the molecule is COc1ccc(-c2cn(-c3ccccc3)nc2C(=O)N(C)CC(=O)N2CCOCC2)cc1OC. The number of hydrogen-bond donors (Lipinski definition) is 0. The topological polar surface area (TPSA) is 86.1 Å². The molecule has 1 saturated heterocycles. The Balaban J connectivity index is 1.68. The first-order valence-corrected chi connectivity index (χ1v) is 11.0. The molecule has 4 rings (SSSR count).